The summed E-state index contributed by atoms with van der Waals surface area (Å²) in [6.45, 7) is 7.30. The van der Waals surface area contributed by atoms with Gasteiger partial charge in [-0.05, 0) is 38.0 Å². The average Bonchev–Trinajstić information content (AvgIpc) is 2.59. The molecule has 0 heterocycles. The van der Waals surface area contributed by atoms with Gasteiger partial charge in [-0.3, -0.25) is 4.99 Å². The van der Waals surface area contributed by atoms with E-state index in [0.29, 0.717) is 5.96 Å². The van der Waals surface area contributed by atoms with Crippen molar-refractivity contribution in [2.24, 2.45) is 4.99 Å². The first kappa shape index (κ1) is 19.3. The van der Waals surface area contributed by atoms with Crippen molar-refractivity contribution >= 4 is 5.96 Å². The third kappa shape index (κ3) is 7.85. The molecule has 0 saturated heterocycles. The molecule has 23 heavy (non-hydrogen) atoms. The van der Waals surface area contributed by atoms with Crippen molar-refractivity contribution in [1.82, 2.24) is 10.6 Å². The lowest BCUT2D eigenvalue weighted by Gasteiger charge is -2.14. The van der Waals surface area contributed by atoms with E-state index in [0.717, 1.165) is 44.0 Å². The second-order valence-corrected chi connectivity index (χ2v) is 4.99. The predicted octanol–water partition coefficient (Wildman–Crippen LogP) is 1.71. The number of nitrogens with zero attached hydrogens (tertiary/aromatic N) is 1. The highest BCUT2D eigenvalue weighted by atomic mass is 16.5. The van der Waals surface area contributed by atoms with Crippen LogP contribution >= 0.6 is 0 Å². The van der Waals surface area contributed by atoms with Gasteiger partial charge in [0.25, 0.3) is 0 Å². The van der Waals surface area contributed by atoms with E-state index in [1.807, 2.05) is 38.1 Å². The molecule has 0 bridgehead atoms. The summed E-state index contributed by atoms with van der Waals surface area (Å²) >= 11 is 0. The number of aliphatic imine (C=N–C) groups is 1. The molecular weight excluding hydrogens is 294 g/mol. The Morgan fingerprint density at radius 3 is 2.83 bits per heavy atom. The Balaban J connectivity index is 2.50. The molecule has 0 aliphatic carbocycles. The standard InChI is InChI=1S/C17H29N3O3/c1-4-18-17(19-10-7-11-23-5-2)20-13-16(21)14-8-6-9-15(12-14)22-3/h6,8-9,12,16,21H,4-5,7,10-11,13H2,1-3H3,(H2,18,19,20). The monoisotopic (exact) mass is 323 g/mol. The number of rotatable bonds is 10. The van der Waals surface area contributed by atoms with Crippen LogP contribution in [0.3, 0.4) is 0 Å². The molecule has 1 aromatic carbocycles. The number of aliphatic hydroxyl groups is 1. The second-order valence-electron chi connectivity index (χ2n) is 4.99. The largest absolute Gasteiger partial charge is 0.497 e. The average molecular weight is 323 g/mol. The fourth-order valence-corrected chi connectivity index (χ4v) is 2.00. The number of aliphatic hydroxyl groups excluding tert-OH is 1. The predicted molar refractivity (Wildman–Crippen MR) is 93.0 cm³/mol. The van der Waals surface area contributed by atoms with E-state index >= 15 is 0 Å². The Morgan fingerprint density at radius 1 is 1.30 bits per heavy atom. The zero-order valence-electron chi connectivity index (χ0n) is 14.3. The van der Waals surface area contributed by atoms with Gasteiger partial charge in [-0.2, -0.15) is 0 Å². The summed E-state index contributed by atoms with van der Waals surface area (Å²) in [6, 6.07) is 7.40. The van der Waals surface area contributed by atoms with Crippen LogP contribution in [0.5, 0.6) is 5.75 Å². The van der Waals surface area contributed by atoms with Crippen LogP contribution in [0.25, 0.3) is 0 Å². The first-order chi connectivity index (χ1) is 11.2. The minimum Gasteiger partial charge on any atom is -0.497 e. The summed E-state index contributed by atoms with van der Waals surface area (Å²) in [5.74, 6) is 1.43. The highest BCUT2D eigenvalue weighted by Gasteiger charge is 2.08. The lowest BCUT2D eigenvalue weighted by atomic mass is 10.1. The van der Waals surface area contributed by atoms with Crippen LogP contribution in [0.2, 0.25) is 0 Å². The van der Waals surface area contributed by atoms with Gasteiger partial charge in [0.05, 0.1) is 19.8 Å². The summed E-state index contributed by atoms with van der Waals surface area (Å²) < 4.78 is 10.5. The van der Waals surface area contributed by atoms with E-state index < -0.39 is 6.10 Å². The molecule has 0 aliphatic rings. The maximum Gasteiger partial charge on any atom is 0.191 e. The van der Waals surface area contributed by atoms with Crippen molar-refractivity contribution in [2.75, 3.05) is 40.0 Å². The van der Waals surface area contributed by atoms with Gasteiger partial charge in [-0.15, -0.1) is 0 Å². The Kier molecular flexibility index (Phi) is 9.83. The van der Waals surface area contributed by atoms with Crippen molar-refractivity contribution in [1.29, 1.82) is 0 Å². The molecule has 6 nitrogen and oxygen atoms in total. The van der Waals surface area contributed by atoms with Crippen LogP contribution < -0.4 is 15.4 Å². The van der Waals surface area contributed by atoms with Crippen LogP contribution in [-0.2, 0) is 4.74 Å². The van der Waals surface area contributed by atoms with Crippen LogP contribution in [-0.4, -0.2) is 51.0 Å². The molecule has 0 spiro atoms. The zero-order chi connectivity index (χ0) is 16.9. The minimum atomic E-state index is -0.663. The maximum absolute atomic E-state index is 10.3. The van der Waals surface area contributed by atoms with Crippen LogP contribution in [0.15, 0.2) is 29.3 Å². The van der Waals surface area contributed by atoms with Gasteiger partial charge in [0.2, 0.25) is 0 Å². The van der Waals surface area contributed by atoms with Gasteiger partial charge in [0.1, 0.15) is 5.75 Å². The minimum absolute atomic E-state index is 0.286. The third-order valence-electron chi connectivity index (χ3n) is 3.21. The SMILES string of the molecule is CCNC(=NCC(O)c1cccc(OC)c1)NCCCOCC. The van der Waals surface area contributed by atoms with E-state index in [1.165, 1.54) is 0 Å². The lowest BCUT2D eigenvalue weighted by molar-refractivity contribution is 0.145. The highest BCUT2D eigenvalue weighted by molar-refractivity contribution is 5.79. The molecule has 0 aromatic heterocycles. The van der Waals surface area contributed by atoms with Crippen molar-refractivity contribution in [3.05, 3.63) is 29.8 Å². The first-order valence-electron chi connectivity index (χ1n) is 8.13. The Labute approximate surface area is 138 Å². The van der Waals surface area contributed by atoms with Gasteiger partial charge >= 0.3 is 0 Å². The summed E-state index contributed by atoms with van der Waals surface area (Å²) in [4.78, 5) is 4.43. The molecule has 0 fully saturated rings. The van der Waals surface area contributed by atoms with Gasteiger partial charge in [-0.1, -0.05) is 12.1 Å². The number of ether oxygens (including phenoxy) is 2. The van der Waals surface area contributed by atoms with Gasteiger partial charge < -0.3 is 25.2 Å². The van der Waals surface area contributed by atoms with Crippen LogP contribution in [0.4, 0.5) is 0 Å². The summed E-state index contributed by atoms with van der Waals surface area (Å²) in [5, 5.41) is 16.7. The zero-order valence-corrected chi connectivity index (χ0v) is 14.3. The molecule has 130 valence electrons. The summed E-state index contributed by atoms with van der Waals surface area (Å²) in [6.07, 6.45) is 0.250. The number of hydrogen-bond acceptors (Lipinski definition) is 4. The number of methoxy groups -OCH3 is 1. The molecule has 0 radical (unpaired) electrons. The van der Waals surface area contributed by atoms with Crippen LogP contribution in [0, 0.1) is 0 Å². The summed E-state index contributed by atoms with van der Waals surface area (Å²) in [5.41, 5.74) is 0.792. The van der Waals surface area contributed by atoms with Crippen LogP contribution in [0.1, 0.15) is 31.9 Å². The molecule has 1 atom stereocenters. The van der Waals surface area contributed by atoms with E-state index in [-0.39, 0.29) is 6.54 Å². The number of hydrogen-bond donors (Lipinski definition) is 3. The molecule has 0 amide bonds. The Hall–Kier alpha value is -1.79. The molecule has 6 heteroatoms. The quantitative estimate of drug-likeness (QED) is 0.347. The molecule has 0 saturated carbocycles. The van der Waals surface area contributed by atoms with E-state index in [4.69, 9.17) is 9.47 Å². The van der Waals surface area contributed by atoms with Crippen molar-refractivity contribution in [2.45, 2.75) is 26.4 Å². The van der Waals surface area contributed by atoms with E-state index in [1.54, 1.807) is 7.11 Å². The van der Waals surface area contributed by atoms with Gasteiger partial charge in [0, 0.05) is 26.3 Å². The normalized spacial score (nSPS) is 12.8. The van der Waals surface area contributed by atoms with Gasteiger partial charge in [-0.25, -0.2) is 0 Å². The number of nitrogens with one attached hydrogen (secondary N) is 2. The topological polar surface area (TPSA) is 75.1 Å². The second kappa shape index (κ2) is 11.7. The Morgan fingerprint density at radius 2 is 2.13 bits per heavy atom. The van der Waals surface area contributed by atoms with Crippen molar-refractivity contribution in [3.8, 4) is 5.75 Å². The first-order valence-corrected chi connectivity index (χ1v) is 8.13. The smallest absolute Gasteiger partial charge is 0.191 e. The highest BCUT2D eigenvalue weighted by Crippen LogP contribution is 2.19. The number of guanidine groups is 1. The molecule has 1 rings (SSSR count). The fraction of sp³-hybridized carbons (Fsp3) is 0.588. The van der Waals surface area contributed by atoms with Gasteiger partial charge in [0.15, 0.2) is 5.96 Å². The van der Waals surface area contributed by atoms with Crippen molar-refractivity contribution < 1.29 is 14.6 Å². The Bertz CT molecular complexity index is 466. The number of benzene rings is 1. The molecule has 0 aliphatic heterocycles. The van der Waals surface area contributed by atoms with E-state index in [2.05, 4.69) is 15.6 Å². The molecule has 1 unspecified atom stereocenters. The molecular formula is C17H29N3O3. The lowest BCUT2D eigenvalue weighted by Crippen LogP contribution is -2.38. The fourth-order valence-electron chi connectivity index (χ4n) is 2.00. The van der Waals surface area contributed by atoms with E-state index in [9.17, 15) is 5.11 Å². The summed E-state index contributed by atoms with van der Waals surface area (Å²) in [7, 11) is 1.61. The molecule has 1 aromatic rings. The molecule has 3 N–H and O–H groups in total. The third-order valence-corrected chi connectivity index (χ3v) is 3.21. The van der Waals surface area contributed by atoms with Crippen molar-refractivity contribution in [3.63, 3.8) is 0 Å². The maximum atomic E-state index is 10.3.